The fourth-order valence-corrected chi connectivity index (χ4v) is 4.31. The molecule has 0 N–H and O–H groups in total. The first kappa shape index (κ1) is 22.3. The second kappa shape index (κ2) is 11.1. The summed E-state index contributed by atoms with van der Waals surface area (Å²) in [5, 5.41) is 0. The number of hydrogen-bond acceptors (Lipinski definition) is 3. The highest BCUT2D eigenvalue weighted by atomic mass is 19.1. The van der Waals surface area contributed by atoms with Crippen molar-refractivity contribution < 1.29 is 18.7 Å². The van der Waals surface area contributed by atoms with Crippen LogP contribution in [0.15, 0.2) is 42.5 Å². The molecule has 0 aromatic heterocycles. The van der Waals surface area contributed by atoms with Crippen molar-refractivity contribution in [2.45, 2.75) is 71.1 Å². The van der Waals surface area contributed by atoms with Crippen LogP contribution < -0.4 is 4.74 Å². The number of carbonyl (C=O) groups is 1. The Hall–Kier alpha value is -2.36. The van der Waals surface area contributed by atoms with Crippen LogP contribution in [0.25, 0.3) is 11.1 Å². The number of carbonyl (C=O) groups excluding carboxylic acids is 1. The van der Waals surface area contributed by atoms with E-state index in [0.29, 0.717) is 23.8 Å². The molecule has 0 spiro atoms. The Labute approximate surface area is 179 Å². The standard InChI is InChI=1S/C26H33FO3/c1-3-5-6-19-7-9-20(10-8-19)22-13-16-24(25(27)18-22)21-11-14-23(15-12-21)30-26(28)29-17-4-2/h11-16,18-20H,3-10,17H2,1-2H3/t19-,20-. The van der Waals surface area contributed by atoms with Gasteiger partial charge in [0.1, 0.15) is 11.6 Å². The zero-order valence-electron chi connectivity index (χ0n) is 18.2. The van der Waals surface area contributed by atoms with Gasteiger partial charge in [-0.15, -0.1) is 0 Å². The Morgan fingerprint density at radius 3 is 2.37 bits per heavy atom. The maximum atomic E-state index is 14.9. The summed E-state index contributed by atoms with van der Waals surface area (Å²) in [6, 6.07) is 12.5. The summed E-state index contributed by atoms with van der Waals surface area (Å²) < 4.78 is 24.9. The zero-order valence-corrected chi connectivity index (χ0v) is 18.2. The first-order valence-corrected chi connectivity index (χ1v) is 11.3. The number of unbranched alkanes of at least 4 members (excludes halogenated alkanes) is 1. The molecular formula is C26H33FO3. The molecule has 4 heteroatoms. The molecule has 0 aliphatic heterocycles. The SMILES string of the molecule is CCCC[C@H]1CC[C@H](c2ccc(-c3ccc(OC(=O)OCCC)cc3)c(F)c2)CC1. The van der Waals surface area contributed by atoms with E-state index in [2.05, 4.69) is 13.0 Å². The van der Waals surface area contributed by atoms with Crippen LogP contribution in [-0.2, 0) is 4.74 Å². The zero-order chi connectivity index (χ0) is 21.3. The lowest BCUT2D eigenvalue weighted by Crippen LogP contribution is -2.13. The van der Waals surface area contributed by atoms with E-state index in [1.54, 1.807) is 30.3 Å². The fourth-order valence-electron chi connectivity index (χ4n) is 4.31. The Balaban J connectivity index is 1.61. The third-order valence-electron chi connectivity index (χ3n) is 6.07. The van der Waals surface area contributed by atoms with Crippen LogP contribution in [0, 0.1) is 11.7 Å². The second-order valence-corrected chi connectivity index (χ2v) is 8.32. The molecule has 30 heavy (non-hydrogen) atoms. The molecule has 0 amide bonds. The van der Waals surface area contributed by atoms with E-state index >= 15 is 0 Å². The highest BCUT2D eigenvalue weighted by Crippen LogP contribution is 2.38. The van der Waals surface area contributed by atoms with Crippen molar-refractivity contribution in [3.05, 3.63) is 53.8 Å². The van der Waals surface area contributed by atoms with Gasteiger partial charge in [-0.1, -0.05) is 57.4 Å². The van der Waals surface area contributed by atoms with Crippen molar-refractivity contribution in [1.29, 1.82) is 0 Å². The van der Waals surface area contributed by atoms with Crippen molar-refractivity contribution in [3.63, 3.8) is 0 Å². The third-order valence-corrected chi connectivity index (χ3v) is 6.07. The fraction of sp³-hybridized carbons (Fsp3) is 0.500. The van der Waals surface area contributed by atoms with Gasteiger partial charge in [0, 0.05) is 5.56 Å². The summed E-state index contributed by atoms with van der Waals surface area (Å²) in [7, 11) is 0. The molecule has 2 aromatic carbocycles. The van der Waals surface area contributed by atoms with Crippen LogP contribution in [0.3, 0.4) is 0 Å². The predicted octanol–water partition coefficient (Wildman–Crippen LogP) is 7.88. The van der Waals surface area contributed by atoms with Gasteiger partial charge in [0.05, 0.1) is 6.61 Å². The monoisotopic (exact) mass is 412 g/mol. The molecule has 2 aromatic rings. The second-order valence-electron chi connectivity index (χ2n) is 8.32. The molecule has 1 aliphatic carbocycles. The molecule has 3 rings (SSSR count). The van der Waals surface area contributed by atoms with Gasteiger partial charge in [-0.2, -0.15) is 0 Å². The van der Waals surface area contributed by atoms with Gasteiger partial charge in [-0.05, 0) is 73.3 Å². The number of hydrogen-bond donors (Lipinski definition) is 0. The van der Waals surface area contributed by atoms with Gasteiger partial charge < -0.3 is 9.47 Å². The summed E-state index contributed by atoms with van der Waals surface area (Å²) in [6.45, 7) is 4.49. The van der Waals surface area contributed by atoms with Crippen molar-refractivity contribution in [2.75, 3.05) is 6.61 Å². The molecule has 162 valence electrons. The Bertz CT molecular complexity index is 808. The summed E-state index contributed by atoms with van der Waals surface area (Å²) >= 11 is 0. The van der Waals surface area contributed by atoms with Crippen LogP contribution in [0.4, 0.5) is 9.18 Å². The summed E-state index contributed by atoms with van der Waals surface area (Å²) in [6.07, 6.45) is 8.79. The molecule has 0 bridgehead atoms. The molecule has 1 saturated carbocycles. The topological polar surface area (TPSA) is 35.5 Å². The van der Waals surface area contributed by atoms with E-state index in [0.717, 1.165) is 36.3 Å². The molecule has 0 saturated heterocycles. The van der Waals surface area contributed by atoms with Crippen molar-refractivity contribution in [3.8, 4) is 16.9 Å². The lowest BCUT2D eigenvalue weighted by Gasteiger charge is -2.29. The van der Waals surface area contributed by atoms with E-state index in [9.17, 15) is 9.18 Å². The Kier molecular flexibility index (Phi) is 8.30. The van der Waals surface area contributed by atoms with Gasteiger partial charge in [0.2, 0.25) is 0 Å². The third kappa shape index (κ3) is 6.07. The minimum absolute atomic E-state index is 0.198. The van der Waals surface area contributed by atoms with Crippen LogP contribution in [0.2, 0.25) is 0 Å². The van der Waals surface area contributed by atoms with E-state index < -0.39 is 6.16 Å². The summed E-state index contributed by atoms with van der Waals surface area (Å²) in [5.41, 5.74) is 2.44. The Morgan fingerprint density at radius 2 is 1.73 bits per heavy atom. The first-order chi connectivity index (χ1) is 14.6. The molecule has 0 unspecified atom stereocenters. The van der Waals surface area contributed by atoms with Gasteiger partial charge in [0.15, 0.2) is 0 Å². The summed E-state index contributed by atoms with van der Waals surface area (Å²) in [4.78, 5) is 11.5. The molecule has 1 aliphatic rings. The smallest absolute Gasteiger partial charge is 0.434 e. The predicted molar refractivity (Wildman–Crippen MR) is 118 cm³/mol. The maximum Gasteiger partial charge on any atom is 0.513 e. The van der Waals surface area contributed by atoms with Crippen molar-refractivity contribution >= 4 is 6.16 Å². The van der Waals surface area contributed by atoms with E-state index in [1.807, 2.05) is 13.0 Å². The average Bonchev–Trinajstić information content (AvgIpc) is 2.77. The minimum atomic E-state index is -0.718. The van der Waals surface area contributed by atoms with E-state index in [4.69, 9.17) is 9.47 Å². The molecule has 3 nitrogen and oxygen atoms in total. The highest BCUT2D eigenvalue weighted by molar-refractivity contribution is 5.67. The molecule has 0 atom stereocenters. The van der Waals surface area contributed by atoms with Gasteiger partial charge >= 0.3 is 6.16 Å². The van der Waals surface area contributed by atoms with E-state index in [-0.39, 0.29) is 5.82 Å². The van der Waals surface area contributed by atoms with Gasteiger partial charge in [-0.25, -0.2) is 9.18 Å². The number of rotatable bonds is 8. The lowest BCUT2D eigenvalue weighted by molar-refractivity contribution is 0.0992. The number of benzene rings is 2. The highest BCUT2D eigenvalue weighted by Gasteiger charge is 2.22. The van der Waals surface area contributed by atoms with Gasteiger partial charge in [0.25, 0.3) is 0 Å². The lowest BCUT2D eigenvalue weighted by atomic mass is 9.77. The molecular weight excluding hydrogens is 379 g/mol. The van der Waals surface area contributed by atoms with Crippen molar-refractivity contribution in [1.82, 2.24) is 0 Å². The van der Waals surface area contributed by atoms with Crippen LogP contribution in [-0.4, -0.2) is 12.8 Å². The molecule has 0 heterocycles. The molecule has 0 radical (unpaired) electrons. The Morgan fingerprint density at radius 1 is 1.00 bits per heavy atom. The van der Waals surface area contributed by atoms with Crippen molar-refractivity contribution in [2.24, 2.45) is 5.92 Å². The minimum Gasteiger partial charge on any atom is -0.434 e. The van der Waals surface area contributed by atoms with Crippen LogP contribution in [0.1, 0.15) is 76.7 Å². The first-order valence-electron chi connectivity index (χ1n) is 11.3. The summed E-state index contributed by atoms with van der Waals surface area (Å²) in [5.74, 6) is 1.51. The quantitative estimate of drug-likeness (QED) is 0.327. The maximum absolute atomic E-state index is 14.9. The van der Waals surface area contributed by atoms with Crippen LogP contribution >= 0.6 is 0 Å². The number of ether oxygens (including phenoxy) is 2. The van der Waals surface area contributed by atoms with E-state index in [1.165, 1.54) is 32.1 Å². The normalized spacial score (nSPS) is 18.8. The largest absolute Gasteiger partial charge is 0.513 e. The number of halogens is 1. The van der Waals surface area contributed by atoms with Gasteiger partial charge in [-0.3, -0.25) is 0 Å². The average molecular weight is 413 g/mol. The molecule has 1 fully saturated rings. The van der Waals surface area contributed by atoms with Crippen LogP contribution in [0.5, 0.6) is 5.75 Å².